The van der Waals surface area contributed by atoms with Crippen LogP contribution in [0.2, 0.25) is 0 Å². The quantitative estimate of drug-likeness (QED) is 0.697. The fourth-order valence-electron chi connectivity index (χ4n) is 2.32. The van der Waals surface area contributed by atoms with Crippen LogP contribution in [0.15, 0.2) is 60.7 Å². The van der Waals surface area contributed by atoms with Gasteiger partial charge in [-0.15, -0.1) is 0 Å². The fraction of sp³-hybridized carbons (Fsp3) is 0.368. The number of hydrogen-bond acceptors (Lipinski definition) is 2. The Labute approximate surface area is 128 Å². The zero-order chi connectivity index (χ0) is 14.8. The maximum atomic E-state index is 6.13. The molecule has 2 aromatic carbocycles. The molecule has 2 nitrogen and oxygen atoms in total. The van der Waals surface area contributed by atoms with Crippen LogP contribution in [0.25, 0.3) is 0 Å². The molecule has 0 bridgehead atoms. The van der Waals surface area contributed by atoms with Crippen LogP contribution in [-0.4, -0.2) is 19.7 Å². The molecule has 0 aliphatic carbocycles. The molecule has 0 heterocycles. The minimum absolute atomic E-state index is 0.0142. The molecule has 0 atom stereocenters. The highest BCUT2D eigenvalue weighted by molar-refractivity contribution is 5.29. The predicted octanol–water partition coefficient (Wildman–Crippen LogP) is 4.18. The molecular weight excluding hydrogens is 258 g/mol. The van der Waals surface area contributed by atoms with Gasteiger partial charge in [0.25, 0.3) is 0 Å². The third kappa shape index (κ3) is 5.33. The molecule has 21 heavy (non-hydrogen) atoms. The van der Waals surface area contributed by atoms with E-state index in [0.717, 1.165) is 19.7 Å². The molecule has 0 radical (unpaired) electrons. The number of unbranched alkanes of at least 4 members (excludes halogenated alkanes) is 1. The summed E-state index contributed by atoms with van der Waals surface area (Å²) >= 11 is 0. The Morgan fingerprint density at radius 3 is 1.95 bits per heavy atom. The third-order valence-electron chi connectivity index (χ3n) is 3.48. The molecule has 0 saturated heterocycles. The van der Waals surface area contributed by atoms with Crippen LogP contribution >= 0.6 is 0 Å². The zero-order valence-corrected chi connectivity index (χ0v) is 12.8. The summed E-state index contributed by atoms with van der Waals surface area (Å²) in [6, 6.07) is 20.8. The lowest BCUT2D eigenvalue weighted by Crippen LogP contribution is -2.22. The van der Waals surface area contributed by atoms with Crippen LogP contribution in [0.3, 0.4) is 0 Å². The van der Waals surface area contributed by atoms with E-state index in [4.69, 9.17) is 4.74 Å². The second-order valence-electron chi connectivity index (χ2n) is 5.18. The van der Waals surface area contributed by atoms with Crippen LogP contribution in [0, 0.1) is 0 Å². The molecule has 0 saturated carbocycles. The Balaban J connectivity index is 1.94. The van der Waals surface area contributed by atoms with Crippen molar-refractivity contribution < 1.29 is 4.74 Å². The van der Waals surface area contributed by atoms with Gasteiger partial charge in [0.2, 0.25) is 0 Å². The second-order valence-corrected chi connectivity index (χ2v) is 5.18. The maximum Gasteiger partial charge on any atom is 0.108 e. The normalized spacial score (nSPS) is 11.0. The number of hydrogen-bond donors (Lipinski definition) is 1. The van der Waals surface area contributed by atoms with E-state index in [0.29, 0.717) is 0 Å². The van der Waals surface area contributed by atoms with Crippen molar-refractivity contribution in [3.63, 3.8) is 0 Å². The monoisotopic (exact) mass is 283 g/mol. The Bertz CT molecular complexity index is 444. The van der Waals surface area contributed by atoms with E-state index < -0.39 is 0 Å². The van der Waals surface area contributed by atoms with E-state index in [1.165, 1.54) is 24.0 Å². The minimum Gasteiger partial charge on any atom is -0.367 e. The van der Waals surface area contributed by atoms with Crippen LogP contribution in [0.4, 0.5) is 0 Å². The summed E-state index contributed by atoms with van der Waals surface area (Å²) in [5, 5.41) is 3.42. The van der Waals surface area contributed by atoms with Crippen molar-refractivity contribution in [2.75, 3.05) is 19.7 Å². The van der Waals surface area contributed by atoms with E-state index >= 15 is 0 Å². The molecule has 2 heteroatoms. The van der Waals surface area contributed by atoms with E-state index in [2.05, 4.69) is 60.8 Å². The molecule has 0 aliphatic heterocycles. The highest BCUT2D eigenvalue weighted by Crippen LogP contribution is 2.25. The Morgan fingerprint density at radius 2 is 1.43 bits per heavy atom. The van der Waals surface area contributed by atoms with Gasteiger partial charge in [0.1, 0.15) is 6.10 Å². The summed E-state index contributed by atoms with van der Waals surface area (Å²) in [5.74, 6) is 0. The molecule has 0 unspecified atom stereocenters. The van der Waals surface area contributed by atoms with Gasteiger partial charge in [-0.05, 0) is 24.1 Å². The van der Waals surface area contributed by atoms with Crippen LogP contribution < -0.4 is 5.32 Å². The molecular formula is C19H25NO. The highest BCUT2D eigenvalue weighted by atomic mass is 16.5. The molecule has 2 rings (SSSR count). The van der Waals surface area contributed by atoms with Gasteiger partial charge < -0.3 is 10.1 Å². The van der Waals surface area contributed by atoms with E-state index in [-0.39, 0.29) is 6.10 Å². The average molecular weight is 283 g/mol. The smallest absolute Gasteiger partial charge is 0.108 e. The predicted molar refractivity (Wildman–Crippen MR) is 88.5 cm³/mol. The SMILES string of the molecule is CCCCNCCOC(c1ccccc1)c1ccccc1. The van der Waals surface area contributed by atoms with Crippen LogP contribution in [-0.2, 0) is 4.74 Å². The zero-order valence-electron chi connectivity index (χ0n) is 12.8. The van der Waals surface area contributed by atoms with E-state index in [1.807, 2.05) is 12.1 Å². The second kappa shape index (κ2) is 9.32. The first kappa shape index (κ1) is 15.7. The molecule has 2 aromatic rings. The first-order valence-electron chi connectivity index (χ1n) is 7.84. The summed E-state index contributed by atoms with van der Waals surface area (Å²) in [6.07, 6.45) is 2.46. The molecule has 0 aliphatic rings. The molecule has 0 spiro atoms. The van der Waals surface area contributed by atoms with Gasteiger partial charge in [0.15, 0.2) is 0 Å². The summed E-state index contributed by atoms with van der Waals surface area (Å²) in [4.78, 5) is 0. The van der Waals surface area contributed by atoms with Gasteiger partial charge in [-0.1, -0.05) is 74.0 Å². The van der Waals surface area contributed by atoms with Crippen molar-refractivity contribution in [1.29, 1.82) is 0 Å². The first-order valence-corrected chi connectivity index (χ1v) is 7.84. The third-order valence-corrected chi connectivity index (χ3v) is 3.48. The minimum atomic E-state index is 0.0142. The van der Waals surface area contributed by atoms with E-state index in [1.54, 1.807) is 0 Å². The van der Waals surface area contributed by atoms with Gasteiger partial charge in [-0.2, -0.15) is 0 Å². The van der Waals surface area contributed by atoms with Gasteiger partial charge in [0, 0.05) is 6.54 Å². The largest absolute Gasteiger partial charge is 0.367 e. The van der Waals surface area contributed by atoms with Crippen molar-refractivity contribution in [3.05, 3.63) is 71.8 Å². The number of benzene rings is 2. The van der Waals surface area contributed by atoms with E-state index in [9.17, 15) is 0 Å². The Hall–Kier alpha value is -1.64. The van der Waals surface area contributed by atoms with Crippen LogP contribution in [0.1, 0.15) is 37.0 Å². The highest BCUT2D eigenvalue weighted by Gasteiger charge is 2.13. The van der Waals surface area contributed by atoms with Gasteiger partial charge >= 0.3 is 0 Å². The average Bonchev–Trinajstić information content (AvgIpc) is 2.56. The van der Waals surface area contributed by atoms with Crippen molar-refractivity contribution in [2.24, 2.45) is 0 Å². The lowest BCUT2D eigenvalue weighted by molar-refractivity contribution is 0.0821. The van der Waals surface area contributed by atoms with Crippen LogP contribution in [0.5, 0.6) is 0 Å². The van der Waals surface area contributed by atoms with Crippen molar-refractivity contribution >= 4 is 0 Å². The summed E-state index contributed by atoms with van der Waals surface area (Å²) in [5.41, 5.74) is 2.41. The van der Waals surface area contributed by atoms with Crippen molar-refractivity contribution in [1.82, 2.24) is 5.32 Å². The van der Waals surface area contributed by atoms with Gasteiger partial charge in [-0.3, -0.25) is 0 Å². The standard InChI is InChI=1S/C19H25NO/c1-2-3-14-20-15-16-21-19(17-10-6-4-7-11-17)18-12-8-5-9-13-18/h4-13,19-20H,2-3,14-16H2,1H3. The van der Waals surface area contributed by atoms with Crippen molar-refractivity contribution in [3.8, 4) is 0 Å². The topological polar surface area (TPSA) is 21.3 Å². The Morgan fingerprint density at radius 1 is 0.857 bits per heavy atom. The molecule has 112 valence electrons. The molecule has 0 aromatic heterocycles. The molecule has 0 fully saturated rings. The summed E-state index contributed by atoms with van der Waals surface area (Å²) in [6.45, 7) is 4.90. The van der Waals surface area contributed by atoms with Gasteiger partial charge in [0.05, 0.1) is 6.61 Å². The van der Waals surface area contributed by atoms with Crippen molar-refractivity contribution in [2.45, 2.75) is 25.9 Å². The first-order chi connectivity index (χ1) is 10.4. The Kier molecular flexibility index (Phi) is 6.99. The molecule has 0 amide bonds. The lowest BCUT2D eigenvalue weighted by Gasteiger charge is -2.19. The fourth-order valence-corrected chi connectivity index (χ4v) is 2.32. The number of ether oxygens (including phenoxy) is 1. The number of rotatable bonds is 9. The number of nitrogens with one attached hydrogen (secondary N) is 1. The summed E-state index contributed by atoms with van der Waals surface area (Å²) < 4.78 is 6.13. The molecule has 1 N–H and O–H groups in total. The summed E-state index contributed by atoms with van der Waals surface area (Å²) in [7, 11) is 0. The maximum absolute atomic E-state index is 6.13. The van der Waals surface area contributed by atoms with Gasteiger partial charge in [-0.25, -0.2) is 0 Å². The lowest BCUT2D eigenvalue weighted by atomic mass is 10.0.